The van der Waals surface area contributed by atoms with Gasteiger partial charge in [-0.05, 0) is 31.6 Å². The van der Waals surface area contributed by atoms with Crippen molar-refractivity contribution >= 4 is 24.2 Å². The molecule has 2 N–H and O–H groups in total. The summed E-state index contributed by atoms with van der Waals surface area (Å²) in [6, 6.07) is 0.129. The van der Waals surface area contributed by atoms with E-state index in [1.165, 1.54) is 0 Å². The van der Waals surface area contributed by atoms with Crippen molar-refractivity contribution in [3.8, 4) is 0 Å². The lowest BCUT2D eigenvalue weighted by molar-refractivity contribution is -0.140. The Labute approximate surface area is 147 Å². The third-order valence-corrected chi connectivity index (χ3v) is 4.62. The van der Waals surface area contributed by atoms with Crippen molar-refractivity contribution in [1.29, 1.82) is 0 Å². The van der Waals surface area contributed by atoms with E-state index in [1.54, 1.807) is 4.90 Å². The maximum Gasteiger partial charge on any atom is 0.227 e. The minimum absolute atomic E-state index is 0. The summed E-state index contributed by atoms with van der Waals surface area (Å²) in [7, 11) is 1.85. The molecule has 23 heavy (non-hydrogen) atoms. The molecule has 0 saturated carbocycles. The molecule has 1 fully saturated rings. The van der Waals surface area contributed by atoms with Gasteiger partial charge in [-0.2, -0.15) is 0 Å². The first-order valence-corrected chi connectivity index (χ1v) is 8.65. The van der Waals surface area contributed by atoms with E-state index in [2.05, 4.69) is 13.8 Å². The number of amides is 2. The van der Waals surface area contributed by atoms with Crippen molar-refractivity contribution in [2.75, 3.05) is 26.7 Å². The zero-order valence-electron chi connectivity index (χ0n) is 15.1. The van der Waals surface area contributed by atoms with Crippen LogP contribution in [0.5, 0.6) is 0 Å². The van der Waals surface area contributed by atoms with E-state index in [-0.39, 0.29) is 36.2 Å². The number of carbonyl (C=O) groups is 2. The Balaban J connectivity index is 0.00000484. The molecule has 1 rings (SSSR count). The maximum atomic E-state index is 12.6. The Kier molecular flexibility index (Phi) is 10.5. The van der Waals surface area contributed by atoms with Crippen molar-refractivity contribution in [3.05, 3.63) is 0 Å². The van der Waals surface area contributed by atoms with Crippen LogP contribution in [0.2, 0.25) is 0 Å². The first kappa shape index (κ1) is 22.2. The number of hydrogen-bond acceptors (Lipinski definition) is 3. The van der Waals surface area contributed by atoms with Crippen molar-refractivity contribution in [1.82, 2.24) is 9.80 Å². The summed E-state index contributed by atoms with van der Waals surface area (Å²) in [6.07, 6.45) is 4.08. The molecule has 2 amide bonds. The molecule has 1 heterocycles. The number of carbonyl (C=O) groups excluding carboxylic acids is 2. The molecule has 0 aromatic carbocycles. The number of likely N-dealkylation sites (tertiary alicyclic amines) is 1. The van der Waals surface area contributed by atoms with Gasteiger partial charge in [0.2, 0.25) is 11.8 Å². The highest BCUT2D eigenvalue weighted by Crippen LogP contribution is 2.20. The second-order valence-corrected chi connectivity index (χ2v) is 6.89. The molecule has 0 aromatic rings. The predicted octanol–water partition coefficient (Wildman–Crippen LogP) is 2.28. The monoisotopic (exact) mass is 347 g/mol. The summed E-state index contributed by atoms with van der Waals surface area (Å²) in [5.41, 5.74) is 6.05. The number of nitrogens with two attached hydrogens (primary N) is 1. The molecule has 0 bridgehead atoms. The second kappa shape index (κ2) is 10.9. The highest BCUT2D eigenvalue weighted by molar-refractivity contribution is 5.85. The fraction of sp³-hybridized carbons (Fsp3) is 0.882. The summed E-state index contributed by atoms with van der Waals surface area (Å²) in [5, 5.41) is 0. The first-order chi connectivity index (χ1) is 10.4. The normalized spacial score (nSPS) is 19.2. The number of piperidine rings is 1. The summed E-state index contributed by atoms with van der Waals surface area (Å²) in [6.45, 7) is 8.28. The van der Waals surface area contributed by atoms with Gasteiger partial charge in [0, 0.05) is 39.1 Å². The highest BCUT2D eigenvalue weighted by Gasteiger charge is 2.29. The standard InChI is InChI=1S/C17H33N3O2.ClH/c1-5-7-16(21)20-10-6-8-14(12-20)17(22)19(4)11-9-15(18)13(2)3;/h13-15H,5-12,18H2,1-4H3;1H. The molecule has 0 spiro atoms. The van der Waals surface area contributed by atoms with Gasteiger partial charge in [-0.1, -0.05) is 20.8 Å². The smallest absolute Gasteiger partial charge is 0.227 e. The van der Waals surface area contributed by atoms with E-state index >= 15 is 0 Å². The van der Waals surface area contributed by atoms with Gasteiger partial charge in [0.15, 0.2) is 0 Å². The van der Waals surface area contributed by atoms with Crippen molar-refractivity contribution < 1.29 is 9.59 Å². The van der Waals surface area contributed by atoms with Crippen LogP contribution in [0.15, 0.2) is 0 Å². The van der Waals surface area contributed by atoms with E-state index in [0.717, 1.165) is 32.2 Å². The summed E-state index contributed by atoms with van der Waals surface area (Å²) < 4.78 is 0. The number of rotatable bonds is 7. The van der Waals surface area contributed by atoms with Crippen LogP contribution in [0, 0.1) is 11.8 Å². The van der Waals surface area contributed by atoms with Crippen LogP contribution in [-0.4, -0.2) is 54.3 Å². The fourth-order valence-corrected chi connectivity index (χ4v) is 2.88. The van der Waals surface area contributed by atoms with Crippen LogP contribution >= 0.6 is 12.4 Å². The minimum Gasteiger partial charge on any atom is -0.345 e. The van der Waals surface area contributed by atoms with Gasteiger partial charge in [-0.3, -0.25) is 9.59 Å². The van der Waals surface area contributed by atoms with Gasteiger partial charge < -0.3 is 15.5 Å². The Bertz CT molecular complexity index is 377. The molecule has 0 aromatic heterocycles. The predicted molar refractivity (Wildman–Crippen MR) is 96.5 cm³/mol. The maximum absolute atomic E-state index is 12.6. The number of nitrogens with zero attached hydrogens (tertiary/aromatic N) is 2. The van der Waals surface area contributed by atoms with Gasteiger partial charge in [0.05, 0.1) is 5.92 Å². The molecule has 5 nitrogen and oxygen atoms in total. The van der Waals surface area contributed by atoms with Crippen LogP contribution in [0.25, 0.3) is 0 Å². The fourth-order valence-electron chi connectivity index (χ4n) is 2.88. The molecule has 0 aliphatic carbocycles. The van der Waals surface area contributed by atoms with Crippen LogP contribution in [0.1, 0.15) is 52.9 Å². The van der Waals surface area contributed by atoms with Gasteiger partial charge >= 0.3 is 0 Å². The van der Waals surface area contributed by atoms with Crippen molar-refractivity contribution in [2.24, 2.45) is 17.6 Å². The number of hydrogen-bond donors (Lipinski definition) is 1. The molecule has 2 atom stereocenters. The molecule has 136 valence electrons. The van der Waals surface area contributed by atoms with E-state index in [0.29, 0.717) is 25.4 Å². The molecule has 2 unspecified atom stereocenters. The molecule has 1 aliphatic rings. The van der Waals surface area contributed by atoms with Gasteiger partial charge in [-0.25, -0.2) is 0 Å². The third-order valence-electron chi connectivity index (χ3n) is 4.62. The van der Waals surface area contributed by atoms with Gasteiger partial charge in [0.1, 0.15) is 0 Å². The third kappa shape index (κ3) is 7.08. The van der Waals surface area contributed by atoms with Crippen molar-refractivity contribution in [3.63, 3.8) is 0 Å². The average Bonchev–Trinajstić information content (AvgIpc) is 2.51. The summed E-state index contributed by atoms with van der Waals surface area (Å²) in [4.78, 5) is 28.2. The van der Waals surface area contributed by atoms with E-state index < -0.39 is 0 Å². The average molecular weight is 348 g/mol. The Morgan fingerprint density at radius 1 is 1.35 bits per heavy atom. The van der Waals surface area contributed by atoms with Crippen LogP contribution in [0.3, 0.4) is 0 Å². The van der Waals surface area contributed by atoms with Crippen molar-refractivity contribution in [2.45, 2.75) is 58.9 Å². The topological polar surface area (TPSA) is 66.6 Å². The van der Waals surface area contributed by atoms with E-state index in [9.17, 15) is 9.59 Å². The molecular weight excluding hydrogens is 314 g/mol. The molecule has 1 saturated heterocycles. The zero-order chi connectivity index (χ0) is 16.7. The lowest BCUT2D eigenvalue weighted by atomic mass is 9.95. The van der Waals surface area contributed by atoms with Gasteiger partial charge in [-0.15, -0.1) is 12.4 Å². The summed E-state index contributed by atoms with van der Waals surface area (Å²) in [5.74, 6) is 0.726. The molecule has 1 aliphatic heterocycles. The second-order valence-electron chi connectivity index (χ2n) is 6.89. The minimum atomic E-state index is -0.0465. The molecular formula is C17H34ClN3O2. The number of halogens is 1. The lowest BCUT2D eigenvalue weighted by Gasteiger charge is -2.34. The van der Waals surface area contributed by atoms with E-state index in [4.69, 9.17) is 5.73 Å². The Hall–Kier alpha value is -0.810. The first-order valence-electron chi connectivity index (χ1n) is 8.65. The SMILES string of the molecule is CCCC(=O)N1CCCC(C(=O)N(C)CCC(N)C(C)C)C1.Cl. The largest absolute Gasteiger partial charge is 0.345 e. The van der Waals surface area contributed by atoms with Crippen LogP contribution in [0.4, 0.5) is 0 Å². The summed E-state index contributed by atoms with van der Waals surface area (Å²) >= 11 is 0. The Morgan fingerprint density at radius 3 is 2.57 bits per heavy atom. The zero-order valence-corrected chi connectivity index (χ0v) is 15.9. The highest BCUT2D eigenvalue weighted by atomic mass is 35.5. The Morgan fingerprint density at radius 2 is 2.00 bits per heavy atom. The lowest BCUT2D eigenvalue weighted by Crippen LogP contribution is -2.46. The van der Waals surface area contributed by atoms with Crippen LogP contribution in [-0.2, 0) is 9.59 Å². The van der Waals surface area contributed by atoms with E-state index in [1.807, 2.05) is 18.9 Å². The van der Waals surface area contributed by atoms with Crippen LogP contribution < -0.4 is 5.73 Å². The van der Waals surface area contributed by atoms with Gasteiger partial charge in [0.25, 0.3) is 0 Å². The quantitative estimate of drug-likeness (QED) is 0.768. The molecule has 0 radical (unpaired) electrons. The molecule has 6 heteroatoms.